The number of carbonyl (C=O) groups excluding carboxylic acids is 2. The summed E-state index contributed by atoms with van der Waals surface area (Å²) in [6.07, 6.45) is -0.334. The first-order valence-corrected chi connectivity index (χ1v) is 7.24. The number of nitriles is 1. The average molecular weight is 343 g/mol. The van der Waals surface area contributed by atoms with E-state index in [0.717, 1.165) is 0 Å². The second kappa shape index (κ2) is 7.40. The predicted octanol–water partition coefficient (Wildman–Crippen LogP) is 1.07. The number of esters is 2. The standard InChI is InChI=1S/C17H17N3O5/c1-23-13(21)7-12-15(17(22)24-2)14(11(8-18)16(20)25-12)9-4-3-5-10(19)6-9/h3-6,14H,7,19-20H2,1-2H3. The van der Waals surface area contributed by atoms with Crippen LogP contribution in [0.25, 0.3) is 0 Å². The molecule has 8 heteroatoms. The second-order valence-corrected chi connectivity index (χ2v) is 5.18. The Kier molecular flexibility index (Phi) is 5.29. The van der Waals surface area contributed by atoms with Crippen LogP contribution < -0.4 is 11.5 Å². The summed E-state index contributed by atoms with van der Waals surface area (Å²) in [4.78, 5) is 24.0. The van der Waals surface area contributed by atoms with Crippen LogP contribution in [0.2, 0.25) is 0 Å². The molecule has 0 radical (unpaired) electrons. The number of rotatable bonds is 4. The van der Waals surface area contributed by atoms with Crippen molar-refractivity contribution in [3.8, 4) is 6.07 Å². The summed E-state index contributed by atoms with van der Waals surface area (Å²) in [5.74, 6) is -2.46. The van der Waals surface area contributed by atoms with Crippen LogP contribution in [-0.2, 0) is 23.8 Å². The maximum Gasteiger partial charge on any atom is 0.338 e. The fraction of sp³-hybridized carbons (Fsp3) is 0.235. The van der Waals surface area contributed by atoms with Crippen LogP contribution in [0.5, 0.6) is 0 Å². The highest BCUT2D eigenvalue weighted by atomic mass is 16.5. The van der Waals surface area contributed by atoms with Gasteiger partial charge in [-0.1, -0.05) is 12.1 Å². The first kappa shape index (κ1) is 17.9. The summed E-state index contributed by atoms with van der Waals surface area (Å²) in [7, 11) is 2.40. The molecule has 0 spiro atoms. The third kappa shape index (κ3) is 3.55. The quantitative estimate of drug-likeness (QED) is 0.611. The summed E-state index contributed by atoms with van der Waals surface area (Å²) in [6, 6.07) is 8.60. The molecule has 25 heavy (non-hydrogen) atoms. The number of hydrogen-bond acceptors (Lipinski definition) is 8. The van der Waals surface area contributed by atoms with Gasteiger partial charge in [-0.05, 0) is 17.7 Å². The Hall–Kier alpha value is -3.47. The molecule has 2 rings (SSSR count). The molecule has 0 aromatic heterocycles. The first-order chi connectivity index (χ1) is 11.9. The maximum atomic E-state index is 12.4. The van der Waals surface area contributed by atoms with Gasteiger partial charge in [-0.15, -0.1) is 0 Å². The van der Waals surface area contributed by atoms with Crippen molar-refractivity contribution in [2.75, 3.05) is 20.0 Å². The van der Waals surface area contributed by atoms with E-state index in [1.165, 1.54) is 14.2 Å². The topological polar surface area (TPSA) is 138 Å². The van der Waals surface area contributed by atoms with Crippen LogP contribution in [0.15, 0.2) is 47.1 Å². The molecular formula is C17H17N3O5. The monoisotopic (exact) mass is 343 g/mol. The Morgan fingerprint density at radius 1 is 1.28 bits per heavy atom. The van der Waals surface area contributed by atoms with E-state index in [2.05, 4.69) is 4.74 Å². The molecule has 0 fully saturated rings. The zero-order valence-electron chi connectivity index (χ0n) is 13.7. The Labute approximate surface area is 144 Å². The van der Waals surface area contributed by atoms with Crippen LogP contribution in [0, 0.1) is 11.3 Å². The molecule has 1 atom stereocenters. The molecule has 1 heterocycles. The molecule has 4 N–H and O–H groups in total. The van der Waals surface area contributed by atoms with Crippen LogP contribution >= 0.6 is 0 Å². The molecule has 1 aromatic rings. The molecule has 1 aliphatic rings. The SMILES string of the molecule is COC(=O)CC1=C(C(=O)OC)C(c2cccc(N)c2)C(C#N)=C(N)O1. The number of nitrogens with two attached hydrogens (primary N) is 2. The van der Waals surface area contributed by atoms with E-state index < -0.39 is 17.9 Å². The maximum absolute atomic E-state index is 12.4. The Balaban J connectivity index is 2.69. The van der Waals surface area contributed by atoms with Crippen molar-refractivity contribution >= 4 is 17.6 Å². The van der Waals surface area contributed by atoms with Gasteiger partial charge in [-0.25, -0.2) is 4.79 Å². The molecule has 8 nitrogen and oxygen atoms in total. The van der Waals surface area contributed by atoms with Crippen LogP contribution in [0.1, 0.15) is 17.9 Å². The molecule has 1 aromatic carbocycles. The first-order valence-electron chi connectivity index (χ1n) is 7.24. The number of nitrogen functional groups attached to an aromatic ring is 1. The minimum absolute atomic E-state index is 0.00394. The second-order valence-electron chi connectivity index (χ2n) is 5.18. The molecule has 0 bridgehead atoms. The number of benzene rings is 1. The van der Waals surface area contributed by atoms with Gasteiger partial charge in [0.1, 0.15) is 23.8 Å². The molecule has 0 saturated carbocycles. The molecule has 1 aliphatic heterocycles. The van der Waals surface area contributed by atoms with E-state index in [-0.39, 0.29) is 29.2 Å². The van der Waals surface area contributed by atoms with Gasteiger partial charge < -0.3 is 25.7 Å². The van der Waals surface area contributed by atoms with Crippen molar-refractivity contribution in [1.29, 1.82) is 5.26 Å². The van der Waals surface area contributed by atoms with Crippen LogP contribution in [0.3, 0.4) is 0 Å². The molecule has 130 valence electrons. The van der Waals surface area contributed by atoms with E-state index in [0.29, 0.717) is 11.3 Å². The fourth-order valence-corrected chi connectivity index (χ4v) is 2.56. The normalized spacial score (nSPS) is 16.8. The summed E-state index contributed by atoms with van der Waals surface area (Å²) in [5, 5.41) is 9.48. The number of ether oxygens (including phenoxy) is 3. The van der Waals surface area contributed by atoms with Gasteiger partial charge in [0, 0.05) is 5.69 Å². The van der Waals surface area contributed by atoms with Gasteiger partial charge in [0.2, 0.25) is 5.88 Å². The lowest BCUT2D eigenvalue weighted by Gasteiger charge is -2.27. The van der Waals surface area contributed by atoms with Crippen molar-refractivity contribution in [1.82, 2.24) is 0 Å². The number of nitrogens with zero attached hydrogens (tertiary/aromatic N) is 1. The van der Waals surface area contributed by atoms with Crippen LogP contribution in [-0.4, -0.2) is 26.2 Å². The molecule has 0 saturated heterocycles. The van der Waals surface area contributed by atoms with Crippen molar-refractivity contribution < 1.29 is 23.8 Å². The lowest BCUT2D eigenvalue weighted by atomic mass is 9.82. The number of anilines is 1. The van der Waals surface area contributed by atoms with Crippen LogP contribution in [0.4, 0.5) is 5.69 Å². The number of methoxy groups -OCH3 is 2. The zero-order valence-corrected chi connectivity index (χ0v) is 13.7. The summed E-state index contributed by atoms with van der Waals surface area (Å²) < 4.78 is 14.8. The van der Waals surface area contributed by atoms with E-state index in [4.69, 9.17) is 20.9 Å². The zero-order chi connectivity index (χ0) is 18.6. The van der Waals surface area contributed by atoms with E-state index >= 15 is 0 Å². The smallest absolute Gasteiger partial charge is 0.338 e. The van der Waals surface area contributed by atoms with Gasteiger partial charge in [-0.3, -0.25) is 4.79 Å². The lowest BCUT2D eigenvalue weighted by Crippen LogP contribution is -2.27. The van der Waals surface area contributed by atoms with Gasteiger partial charge in [0.05, 0.1) is 25.7 Å². The predicted molar refractivity (Wildman–Crippen MR) is 87.2 cm³/mol. The number of allylic oxidation sites excluding steroid dienone is 1. The van der Waals surface area contributed by atoms with Gasteiger partial charge in [0.25, 0.3) is 0 Å². The summed E-state index contributed by atoms with van der Waals surface area (Å²) in [5.41, 5.74) is 12.7. The third-order valence-electron chi connectivity index (χ3n) is 3.68. The third-order valence-corrected chi connectivity index (χ3v) is 3.68. The highest BCUT2D eigenvalue weighted by Crippen LogP contribution is 2.40. The van der Waals surface area contributed by atoms with E-state index in [1.54, 1.807) is 24.3 Å². The molecule has 1 unspecified atom stereocenters. The molecule has 0 aliphatic carbocycles. The Bertz CT molecular complexity index is 820. The lowest BCUT2D eigenvalue weighted by molar-refractivity contribution is -0.140. The van der Waals surface area contributed by atoms with Crippen molar-refractivity contribution in [2.24, 2.45) is 5.73 Å². The average Bonchev–Trinajstić information content (AvgIpc) is 2.60. The highest BCUT2D eigenvalue weighted by molar-refractivity contribution is 5.93. The van der Waals surface area contributed by atoms with Gasteiger partial charge in [-0.2, -0.15) is 5.26 Å². The largest absolute Gasteiger partial charge is 0.469 e. The Morgan fingerprint density at radius 3 is 2.56 bits per heavy atom. The summed E-state index contributed by atoms with van der Waals surface area (Å²) in [6.45, 7) is 0. The summed E-state index contributed by atoms with van der Waals surface area (Å²) >= 11 is 0. The molecular weight excluding hydrogens is 326 g/mol. The van der Waals surface area contributed by atoms with Gasteiger partial charge >= 0.3 is 11.9 Å². The van der Waals surface area contributed by atoms with Gasteiger partial charge in [0.15, 0.2) is 0 Å². The van der Waals surface area contributed by atoms with E-state index in [9.17, 15) is 14.9 Å². The highest BCUT2D eigenvalue weighted by Gasteiger charge is 2.38. The van der Waals surface area contributed by atoms with Crippen molar-refractivity contribution in [3.63, 3.8) is 0 Å². The fourth-order valence-electron chi connectivity index (χ4n) is 2.56. The van der Waals surface area contributed by atoms with E-state index in [1.807, 2.05) is 6.07 Å². The minimum atomic E-state index is -0.866. The Morgan fingerprint density at radius 2 is 2.00 bits per heavy atom. The van der Waals surface area contributed by atoms with Crippen molar-refractivity contribution in [3.05, 3.63) is 52.6 Å². The number of carbonyl (C=O) groups is 2. The minimum Gasteiger partial charge on any atom is -0.469 e. The molecule has 0 amide bonds. The number of hydrogen-bond donors (Lipinski definition) is 2. The van der Waals surface area contributed by atoms with Crippen molar-refractivity contribution in [2.45, 2.75) is 12.3 Å².